The number of rotatable bonds is 0. The van der Waals surface area contributed by atoms with Gasteiger partial charge in [0.2, 0.25) is 0 Å². The fourth-order valence-electron chi connectivity index (χ4n) is 1.44. The number of fused-ring (bicyclic) bond motifs is 2. The topological polar surface area (TPSA) is 0 Å². The van der Waals surface area contributed by atoms with Crippen LogP contribution in [0.4, 0.5) is 0 Å². The summed E-state index contributed by atoms with van der Waals surface area (Å²) in [5.41, 5.74) is 2.54. The van der Waals surface area contributed by atoms with Gasteiger partial charge < -0.3 is 0 Å². The average molecular weight is 458 g/mol. The fourth-order valence-corrected chi connectivity index (χ4v) is 3.82. The van der Waals surface area contributed by atoms with Gasteiger partial charge in [-0.05, 0) is 81.3 Å². The Kier molecular flexibility index (Phi) is 3.92. The van der Waals surface area contributed by atoms with Crippen molar-refractivity contribution in [2.24, 2.45) is 0 Å². The van der Waals surface area contributed by atoms with E-state index in [1.54, 1.807) is 0 Å². The lowest BCUT2D eigenvalue weighted by molar-refractivity contribution is 1.21. The van der Waals surface area contributed by atoms with Crippen molar-refractivity contribution in [1.29, 1.82) is 0 Å². The van der Waals surface area contributed by atoms with Gasteiger partial charge in [0.25, 0.3) is 0 Å². The van der Waals surface area contributed by atoms with Crippen LogP contribution in [0.25, 0.3) is 0 Å². The molecule has 2 bridgehead atoms. The highest BCUT2D eigenvalue weighted by atomic mass is 79.9. The van der Waals surface area contributed by atoms with E-state index in [0.29, 0.717) is 0 Å². The van der Waals surface area contributed by atoms with Gasteiger partial charge in [0, 0.05) is 17.9 Å². The molecular weight excluding hydrogens is 452 g/mol. The Bertz CT molecular complexity index is 419. The van der Waals surface area contributed by atoms with Crippen LogP contribution < -0.4 is 0 Å². The van der Waals surface area contributed by atoms with E-state index in [2.05, 4.69) is 88.0 Å². The van der Waals surface area contributed by atoms with Gasteiger partial charge in [0.05, 0.1) is 0 Å². The molecule has 0 aromatic carbocycles. The fraction of sp³-hybridized carbons (Fsp3) is 0.0909. The van der Waals surface area contributed by atoms with Gasteiger partial charge in [0.1, 0.15) is 0 Å². The molecule has 0 saturated heterocycles. The quantitative estimate of drug-likeness (QED) is 0.430. The summed E-state index contributed by atoms with van der Waals surface area (Å²) in [6.45, 7) is 0. The van der Waals surface area contributed by atoms with Gasteiger partial charge >= 0.3 is 0 Å². The van der Waals surface area contributed by atoms with Crippen LogP contribution in [0, 0.1) is 0 Å². The Labute approximate surface area is 122 Å². The molecule has 0 saturated carbocycles. The molecular formula is C11H6Br4. The average Bonchev–Trinajstić information content (AvgIpc) is 2.52. The van der Waals surface area contributed by atoms with Gasteiger partial charge in [-0.1, -0.05) is 24.3 Å². The zero-order valence-corrected chi connectivity index (χ0v) is 13.9. The van der Waals surface area contributed by atoms with E-state index in [1.165, 1.54) is 11.1 Å². The van der Waals surface area contributed by atoms with Crippen LogP contribution in [-0.4, -0.2) is 0 Å². The Morgan fingerprint density at radius 2 is 1.07 bits per heavy atom. The molecule has 78 valence electrons. The summed E-state index contributed by atoms with van der Waals surface area (Å²) < 4.78 is 4.28. The smallest absolute Gasteiger partial charge is 0.0474 e. The Morgan fingerprint density at radius 3 is 1.47 bits per heavy atom. The highest BCUT2D eigenvalue weighted by Crippen LogP contribution is 2.45. The molecule has 4 heteroatoms. The van der Waals surface area contributed by atoms with Crippen molar-refractivity contribution in [3.63, 3.8) is 0 Å². The molecule has 0 fully saturated rings. The number of halogens is 4. The van der Waals surface area contributed by atoms with Crippen LogP contribution in [0.2, 0.25) is 0 Å². The normalized spacial score (nSPS) is 21.1. The second-order valence-electron chi connectivity index (χ2n) is 3.20. The SMILES string of the molecule is BrC1=C(Br)C(Br)=C(Br)C2=CC=CC=C1C2. The molecule has 0 atom stereocenters. The molecule has 0 amide bonds. The lowest BCUT2D eigenvalue weighted by Gasteiger charge is -2.04. The Morgan fingerprint density at radius 1 is 0.667 bits per heavy atom. The molecule has 0 aromatic rings. The van der Waals surface area contributed by atoms with Crippen LogP contribution in [0.15, 0.2) is 53.4 Å². The largest absolute Gasteiger partial charge is 0.0619 e. The van der Waals surface area contributed by atoms with E-state index >= 15 is 0 Å². The molecule has 2 rings (SSSR count). The van der Waals surface area contributed by atoms with Crippen molar-refractivity contribution >= 4 is 63.7 Å². The minimum absolute atomic E-state index is 0.929. The van der Waals surface area contributed by atoms with Crippen LogP contribution in [0.5, 0.6) is 0 Å². The monoisotopic (exact) mass is 454 g/mol. The first-order valence-electron chi connectivity index (χ1n) is 4.29. The molecule has 0 nitrogen and oxygen atoms in total. The van der Waals surface area contributed by atoms with Gasteiger partial charge in [-0.15, -0.1) is 0 Å². The Hall–Kier alpha value is 0.620. The maximum absolute atomic E-state index is 3.61. The zero-order chi connectivity index (χ0) is 11.0. The third kappa shape index (κ3) is 2.33. The van der Waals surface area contributed by atoms with Crippen molar-refractivity contribution in [3.05, 3.63) is 53.4 Å². The van der Waals surface area contributed by atoms with Crippen molar-refractivity contribution in [1.82, 2.24) is 0 Å². The first-order chi connectivity index (χ1) is 7.11. The third-order valence-electron chi connectivity index (χ3n) is 2.23. The minimum Gasteiger partial charge on any atom is -0.0619 e. The van der Waals surface area contributed by atoms with Crippen LogP contribution in [-0.2, 0) is 0 Å². The highest BCUT2D eigenvalue weighted by Gasteiger charge is 2.20. The van der Waals surface area contributed by atoms with Crippen molar-refractivity contribution < 1.29 is 0 Å². The molecule has 0 aliphatic heterocycles. The van der Waals surface area contributed by atoms with Gasteiger partial charge in [-0.25, -0.2) is 0 Å². The van der Waals surface area contributed by atoms with E-state index in [1.807, 2.05) is 0 Å². The predicted molar refractivity (Wildman–Crippen MR) is 79.7 cm³/mol. The second kappa shape index (κ2) is 4.86. The molecule has 0 radical (unpaired) electrons. The molecule has 15 heavy (non-hydrogen) atoms. The summed E-state index contributed by atoms with van der Waals surface area (Å²) in [6.07, 6.45) is 9.30. The predicted octanol–water partition coefficient (Wildman–Crippen LogP) is 5.82. The van der Waals surface area contributed by atoms with Gasteiger partial charge in [-0.3, -0.25) is 0 Å². The molecule has 2 aliphatic carbocycles. The van der Waals surface area contributed by atoms with Gasteiger partial charge in [0.15, 0.2) is 0 Å². The maximum Gasteiger partial charge on any atom is 0.0474 e. The molecule has 0 spiro atoms. The van der Waals surface area contributed by atoms with E-state index in [9.17, 15) is 0 Å². The van der Waals surface area contributed by atoms with E-state index in [-0.39, 0.29) is 0 Å². The highest BCUT2D eigenvalue weighted by molar-refractivity contribution is 9.17. The van der Waals surface area contributed by atoms with Crippen molar-refractivity contribution in [3.8, 4) is 0 Å². The summed E-state index contributed by atoms with van der Waals surface area (Å²) >= 11 is 14.4. The standard InChI is InChI=1S/C11H6Br4/c12-8-6-3-1-2-4-7(5-6)9(13)11(15)10(8)14/h1-4H,5H2. The van der Waals surface area contributed by atoms with Gasteiger partial charge in [-0.2, -0.15) is 0 Å². The number of hydrogen-bond acceptors (Lipinski definition) is 0. The molecule has 2 aliphatic rings. The van der Waals surface area contributed by atoms with E-state index in [0.717, 1.165) is 24.4 Å². The second-order valence-corrected chi connectivity index (χ2v) is 6.37. The molecule has 0 N–H and O–H groups in total. The summed E-state index contributed by atoms with van der Waals surface area (Å²) in [6, 6.07) is 0. The molecule has 0 unspecified atom stereocenters. The maximum atomic E-state index is 3.61. The van der Waals surface area contributed by atoms with Crippen molar-refractivity contribution in [2.75, 3.05) is 0 Å². The summed E-state index contributed by atoms with van der Waals surface area (Å²) in [4.78, 5) is 0. The Balaban J connectivity index is 2.69. The number of allylic oxidation sites excluding steroid dienone is 10. The summed E-state index contributed by atoms with van der Waals surface area (Å²) in [7, 11) is 0. The zero-order valence-electron chi connectivity index (χ0n) is 7.53. The summed E-state index contributed by atoms with van der Waals surface area (Å²) in [5.74, 6) is 0. The summed E-state index contributed by atoms with van der Waals surface area (Å²) in [5, 5.41) is 0. The first-order valence-corrected chi connectivity index (χ1v) is 7.46. The van der Waals surface area contributed by atoms with Crippen LogP contribution in [0.1, 0.15) is 6.42 Å². The minimum atomic E-state index is 0.929. The van der Waals surface area contributed by atoms with Crippen LogP contribution >= 0.6 is 63.7 Å². The first kappa shape index (κ1) is 12.1. The lowest BCUT2D eigenvalue weighted by atomic mass is 10.1. The number of hydrogen-bond donors (Lipinski definition) is 0. The molecule has 0 aromatic heterocycles. The lowest BCUT2D eigenvalue weighted by Crippen LogP contribution is -1.85. The van der Waals surface area contributed by atoms with E-state index in [4.69, 9.17) is 0 Å². The van der Waals surface area contributed by atoms with Crippen LogP contribution in [0.3, 0.4) is 0 Å². The van der Waals surface area contributed by atoms with E-state index < -0.39 is 0 Å². The molecule has 0 heterocycles. The van der Waals surface area contributed by atoms with Crippen molar-refractivity contribution in [2.45, 2.75) is 6.42 Å². The third-order valence-corrected chi connectivity index (χ3v) is 7.22.